The van der Waals surface area contributed by atoms with Crippen LogP contribution in [-0.2, 0) is 19.1 Å². The molecular formula is C42H48N10O6. The maximum absolute atomic E-state index is 13.7. The molecule has 2 aliphatic heterocycles. The summed E-state index contributed by atoms with van der Waals surface area (Å²) in [6, 6.07) is 12.8. The fourth-order valence-electron chi connectivity index (χ4n) is 8.37. The Morgan fingerprint density at radius 2 is 1.34 bits per heavy atom. The predicted molar refractivity (Wildman–Crippen MR) is 214 cm³/mol. The van der Waals surface area contributed by atoms with E-state index < -0.39 is 23.8 Å². The molecule has 5 aromatic rings. The number of H-pyrrole nitrogens is 2. The van der Waals surface area contributed by atoms with Gasteiger partial charge in [0.05, 0.1) is 73.0 Å². The molecule has 0 spiro atoms. The molecule has 1 aliphatic carbocycles. The molecule has 2 aromatic carbocycles. The van der Waals surface area contributed by atoms with Crippen LogP contribution < -0.4 is 10.6 Å². The molecule has 1 saturated carbocycles. The van der Waals surface area contributed by atoms with Crippen molar-refractivity contribution in [2.45, 2.75) is 82.5 Å². The van der Waals surface area contributed by atoms with Gasteiger partial charge in [-0.3, -0.25) is 14.6 Å². The summed E-state index contributed by atoms with van der Waals surface area (Å²) in [6.45, 7) is 4.98. The van der Waals surface area contributed by atoms with Gasteiger partial charge in [0.25, 0.3) is 0 Å². The summed E-state index contributed by atoms with van der Waals surface area (Å²) < 4.78 is 9.56. The lowest BCUT2D eigenvalue weighted by Crippen LogP contribution is -2.63. The summed E-state index contributed by atoms with van der Waals surface area (Å²) in [7, 11) is 2.59. The van der Waals surface area contributed by atoms with Gasteiger partial charge in [-0.25, -0.2) is 24.5 Å². The molecule has 4 N–H and O–H groups in total. The largest absolute Gasteiger partial charge is 0.453 e. The van der Waals surface area contributed by atoms with E-state index in [1.807, 2.05) is 61.2 Å². The summed E-state index contributed by atoms with van der Waals surface area (Å²) in [6.07, 6.45) is 9.41. The molecule has 3 atom stereocenters. The van der Waals surface area contributed by atoms with E-state index in [9.17, 15) is 19.2 Å². The van der Waals surface area contributed by atoms with Crippen molar-refractivity contribution in [2.75, 3.05) is 27.3 Å². The zero-order valence-corrected chi connectivity index (χ0v) is 33.1. The first-order valence-corrected chi connectivity index (χ1v) is 19.9. The molecule has 0 bridgehead atoms. The van der Waals surface area contributed by atoms with Crippen molar-refractivity contribution in [2.24, 2.45) is 5.92 Å². The number of fused-ring (bicyclic) bond motifs is 1. The van der Waals surface area contributed by atoms with Crippen LogP contribution in [0.2, 0.25) is 0 Å². The number of aromatic amines is 2. The lowest BCUT2D eigenvalue weighted by molar-refractivity contribution is -0.143. The van der Waals surface area contributed by atoms with E-state index in [1.165, 1.54) is 14.2 Å². The number of likely N-dealkylation sites (tertiary alicyclic amines) is 2. The Kier molecular flexibility index (Phi) is 10.6. The second-order valence-corrected chi connectivity index (χ2v) is 15.7. The minimum Gasteiger partial charge on any atom is -0.453 e. The average molecular weight is 789 g/mol. The summed E-state index contributed by atoms with van der Waals surface area (Å²) in [4.78, 5) is 80.8. The zero-order chi connectivity index (χ0) is 40.6. The van der Waals surface area contributed by atoms with Crippen LogP contribution in [0.1, 0.15) is 82.5 Å². The van der Waals surface area contributed by atoms with Crippen LogP contribution in [-0.4, -0.2) is 103 Å². The lowest BCUT2D eigenvalue weighted by Gasteiger charge is -2.43. The van der Waals surface area contributed by atoms with Crippen LogP contribution in [0.3, 0.4) is 0 Å². The van der Waals surface area contributed by atoms with Gasteiger partial charge in [-0.1, -0.05) is 44.2 Å². The van der Waals surface area contributed by atoms with Crippen LogP contribution >= 0.6 is 0 Å². The van der Waals surface area contributed by atoms with Crippen molar-refractivity contribution in [3.8, 4) is 33.8 Å². The first kappa shape index (κ1) is 38.5. The van der Waals surface area contributed by atoms with E-state index in [1.54, 1.807) is 23.5 Å². The minimum absolute atomic E-state index is 0.0830. The van der Waals surface area contributed by atoms with Crippen LogP contribution in [0.15, 0.2) is 61.1 Å². The van der Waals surface area contributed by atoms with E-state index in [0.29, 0.717) is 37.6 Å². The maximum atomic E-state index is 13.7. The molecule has 16 nitrogen and oxygen atoms in total. The Bertz CT molecular complexity index is 2330. The number of carbonyl (C=O) groups excluding carboxylic acids is 4. The Labute approximate surface area is 335 Å². The molecule has 3 aromatic heterocycles. The highest BCUT2D eigenvalue weighted by Gasteiger charge is 2.50. The summed E-state index contributed by atoms with van der Waals surface area (Å²) in [5, 5.41) is 5.49. The number of imidazole rings is 2. The van der Waals surface area contributed by atoms with Crippen LogP contribution in [0.5, 0.6) is 0 Å². The number of alkyl carbamates (subject to hydrolysis) is 2. The smallest absolute Gasteiger partial charge is 0.407 e. The Morgan fingerprint density at radius 1 is 0.741 bits per heavy atom. The van der Waals surface area contributed by atoms with E-state index in [0.717, 1.165) is 76.9 Å². The minimum atomic E-state index is -0.916. The normalized spacial score (nSPS) is 19.2. The van der Waals surface area contributed by atoms with Gasteiger partial charge in [0.2, 0.25) is 11.8 Å². The van der Waals surface area contributed by atoms with Gasteiger partial charge in [0, 0.05) is 24.2 Å². The number of benzene rings is 2. The standard InChI is InChI=1S/C42H48N10O6/c1-24(2)35(49-40(55)57-3)38(53)51-18-5-8-33(51)36-44-22-31(47-36)26-12-10-25(11-13-26)30-21-43-29-20-27(14-15-28(29)46-30)32-23-45-37(48-32)34-9-6-19-52(34)39(54)42(16-7-17-42)50-41(56)58-4/h10-15,20-24,33-35H,5-9,16-19H2,1-4H3,(H,44,47)(H,45,48)(H,49,55)(H,50,56)/t33-,34-,35-/m0/s1. The average Bonchev–Trinajstić information content (AvgIpc) is 4.07. The number of hydrogen-bond donors (Lipinski definition) is 4. The monoisotopic (exact) mass is 788 g/mol. The van der Waals surface area contributed by atoms with Crippen molar-refractivity contribution in [3.63, 3.8) is 0 Å². The van der Waals surface area contributed by atoms with Crippen LogP contribution in [0, 0.1) is 5.92 Å². The quantitative estimate of drug-likeness (QED) is 0.129. The molecule has 3 fully saturated rings. The second-order valence-electron chi connectivity index (χ2n) is 15.7. The highest BCUT2D eigenvalue weighted by Crippen LogP contribution is 2.40. The van der Waals surface area contributed by atoms with Crippen LogP contribution in [0.25, 0.3) is 44.8 Å². The number of amides is 4. The number of aromatic nitrogens is 6. The zero-order valence-electron chi connectivity index (χ0n) is 33.1. The summed E-state index contributed by atoms with van der Waals surface area (Å²) in [5.41, 5.74) is 5.69. The van der Waals surface area contributed by atoms with Gasteiger partial charge in [0.1, 0.15) is 23.2 Å². The fraction of sp³-hybridized carbons (Fsp3) is 0.429. The lowest BCUT2D eigenvalue weighted by atomic mass is 9.75. The number of hydrogen-bond acceptors (Lipinski definition) is 10. The van der Waals surface area contributed by atoms with Crippen molar-refractivity contribution < 1.29 is 28.7 Å². The highest BCUT2D eigenvalue weighted by atomic mass is 16.5. The second kappa shape index (κ2) is 15.9. The first-order valence-electron chi connectivity index (χ1n) is 19.9. The Balaban J connectivity index is 0.939. The molecule has 4 amide bonds. The number of rotatable bonds is 10. The van der Waals surface area contributed by atoms with Crippen molar-refractivity contribution >= 4 is 35.0 Å². The molecule has 2 saturated heterocycles. The topological polar surface area (TPSA) is 200 Å². The molecule has 0 unspecified atom stereocenters. The van der Waals surface area contributed by atoms with Gasteiger partial charge in [-0.05, 0) is 68.6 Å². The number of methoxy groups -OCH3 is 2. The first-order chi connectivity index (χ1) is 28.1. The third-order valence-electron chi connectivity index (χ3n) is 11.8. The molecular weight excluding hydrogens is 741 g/mol. The SMILES string of the molecule is COC(=O)N[C@H](C(=O)N1CCC[C@H]1c1ncc(-c2ccc(-c3cnc4cc(-c5cnc([C@@H]6CCCN6C(=O)C6(NC(=O)OC)CCC6)[nH]5)ccc4n3)cc2)[nH]1)C(C)C. The number of ether oxygens (including phenoxy) is 2. The van der Waals surface area contributed by atoms with E-state index in [-0.39, 0.29) is 29.8 Å². The summed E-state index contributed by atoms with van der Waals surface area (Å²) in [5.74, 6) is 1.08. The third-order valence-corrected chi connectivity index (χ3v) is 11.8. The van der Waals surface area contributed by atoms with Gasteiger partial charge < -0.3 is 39.9 Å². The molecule has 58 heavy (non-hydrogen) atoms. The van der Waals surface area contributed by atoms with E-state index >= 15 is 0 Å². The number of nitrogens with zero attached hydrogens (tertiary/aromatic N) is 6. The molecule has 302 valence electrons. The van der Waals surface area contributed by atoms with Gasteiger partial charge in [-0.15, -0.1) is 0 Å². The number of nitrogens with one attached hydrogen (secondary N) is 4. The van der Waals surface area contributed by atoms with Gasteiger partial charge in [-0.2, -0.15) is 0 Å². The maximum Gasteiger partial charge on any atom is 0.407 e. The predicted octanol–water partition coefficient (Wildman–Crippen LogP) is 6.06. The van der Waals surface area contributed by atoms with Crippen molar-refractivity contribution in [1.29, 1.82) is 0 Å². The van der Waals surface area contributed by atoms with E-state index in [4.69, 9.17) is 24.4 Å². The molecule has 5 heterocycles. The number of carbonyl (C=O) groups is 4. The van der Waals surface area contributed by atoms with E-state index in [2.05, 4.69) is 25.6 Å². The van der Waals surface area contributed by atoms with Gasteiger partial charge >= 0.3 is 12.2 Å². The summed E-state index contributed by atoms with van der Waals surface area (Å²) >= 11 is 0. The third kappa shape index (κ3) is 7.34. The Hall–Kier alpha value is -6.32. The molecule has 16 heteroatoms. The van der Waals surface area contributed by atoms with Crippen LogP contribution in [0.4, 0.5) is 9.59 Å². The van der Waals surface area contributed by atoms with Crippen molar-refractivity contribution in [3.05, 3.63) is 72.7 Å². The van der Waals surface area contributed by atoms with Gasteiger partial charge in [0.15, 0.2) is 0 Å². The molecule has 0 radical (unpaired) electrons. The fourth-order valence-corrected chi connectivity index (χ4v) is 8.37. The highest BCUT2D eigenvalue weighted by molar-refractivity contribution is 5.91. The van der Waals surface area contributed by atoms with Crippen molar-refractivity contribution in [1.82, 2.24) is 50.3 Å². The molecule has 3 aliphatic rings. The molecule has 8 rings (SSSR count). The Morgan fingerprint density at radius 3 is 1.97 bits per heavy atom.